The van der Waals surface area contributed by atoms with Crippen LogP contribution in [0.5, 0.6) is 11.5 Å². The normalized spacial score (nSPS) is 12.9. The number of benzene rings is 3. The summed E-state index contributed by atoms with van der Waals surface area (Å²) in [4.78, 5) is 43.0. The van der Waals surface area contributed by atoms with Crippen molar-refractivity contribution in [3.63, 3.8) is 0 Å². The summed E-state index contributed by atoms with van der Waals surface area (Å²) in [6, 6.07) is 20.2. The largest absolute Gasteiger partial charge is 0.508 e. The molecule has 224 valence electrons. The standard InChI is InChI=1S/C33H41N3O6/c1-32(2,3)36(28(23-11-9-8-10-12-23)29(38)34-24-15-19-26(41-7)20-16-24)30(39)27(35-31(40)42-33(4,5)6)21-22-13-17-25(37)18-14-22/h8-20,27-28,37H,21H2,1-7H3,(H,34,38)(H,35,40). The molecule has 0 heterocycles. The number of methoxy groups -OCH3 is 1. The quantitative estimate of drug-likeness (QED) is 0.295. The minimum atomic E-state index is -1.08. The van der Waals surface area contributed by atoms with Crippen molar-refractivity contribution in [1.82, 2.24) is 10.2 Å². The number of rotatable bonds is 9. The number of hydrogen-bond acceptors (Lipinski definition) is 6. The first-order valence-corrected chi connectivity index (χ1v) is 13.8. The van der Waals surface area contributed by atoms with Crippen LogP contribution < -0.4 is 15.4 Å². The molecular weight excluding hydrogens is 534 g/mol. The summed E-state index contributed by atoms with van der Waals surface area (Å²) < 4.78 is 10.7. The number of phenolic OH excluding ortho intramolecular Hbond substituents is 1. The van der Waals surface area contributed by atoms with Crippen molar-refractivity contribution >= 4 is 23.6 Å². The monoisotopic (exact) mass is 575 g/mol. The first kappa shape index (κ1) is 32.0. The maximum Gasteiger partial charge on any atom is 0.408 e. The van der Waals surface area contributed by atoms with Crippen LogP contribution in [0.25, 0.3) is 0 Å². The minimum Gasteiger partial charge on any atom is -0.508 e. The van der Waals surface area contributed by atoms with Gasteiger partial charge in [-0.1, -0.05) is 42.5 Å². The van der Waals surface area contributed by atoms with Gasteiger partial charge in [-0.25, -0.2) is 4.79 Å². The highest BCUT2D eigenvalue weighted by molar-refractivity contribution is 5.99. The molecule has 0 bridgehead atoms. The Morgan fingerprint density at radius 1 is 0.857 bits per heavy atom. The van der Waals surface area contributed by atoms with Gasteiger partial charge in [-0.05, 0) is 89.1 Å². The van der Waals surface area contributed by atoms with E-state index in [1.54, 1.807) is 88.5 Å². The molecule has 9 nitrogen and oxygen atoms in total. The van der Waals surface area contributed by atoms with Crippen LogP contribution in [0.4, 0.5) is 10.5 Å². The van der Waals surface area contributed by atoms with E-state index in [2.05, 4.69) is 10.6 Å². The van der Waals surface area contributed by atoms with Crippen LogP contribution in [-0.2, 0) is 20.7 Å². The molecule has 0 aliphatic rings. The van der Waals surface area contributed by atoms with E-state index in [0.29, 0.717) is 22.6 Å². The van der Waals surface area contributed by atoms with Crippen molar-refractivity contribution in [2.24, 2.45) is 0 Å². The van der Waals surface area contributed by atoms with E-state index in [4.69, 9.17) is 9.47 Å². The number of nitrogens with one attached hydrogen (secondary N) is 2. The third kappa shape index (κ3) is 8.99. The molecule has 0 fully saturated rings. The van der Waals surface area contributed by atoms with E-state index in [1.807, 2.05) is 26.8 Å². The molecule has 0 aliphatic carbocycles. The van der Waals surface area contributed by atoms with Gasteiger partial charge in [-0.2, -0.15) is 0 Å². The molecule has 9 heteroatoms. The fourth-order valence-corrected chi connectivity index (χ4v) is 4.47. The van der Waals surface area contributed by atoms with Crippen LogP contribution in [0.15, 0.2) is 78.9 Å². The summed E-state index contributed by atoms with van der Waals surface area (Å²) >= 11 is 0. The summed E-state index contributed by atoms with van der Waals surface area (Å²) in [6.07, 6.45) is -0.653. The highest BCUT2D eigenvalue weighted by Crippen LogP contribution is 2.32. The maximum atomic E-state index is 14.5. The highest BCUT2D eigenvalue weighted by Gasteiger charge is 2.42. The van der Waals surface area contributed by atoms with E-state index in [-0.39, 0.29) is 12.2 Å². The number of carbonyl (C=O) groups excluding carboxylic acids is 3. The Labute approximate surface area is 247 Å². The lowest BCUT2D eigenvalue weighted by molar-refractivity contribution is -0.146. The molecule has 2 atom stereocenters. The van der Waals surface area contributed by atoms with Crippen molar-refractivity contribution in [2.45, 2.75) is 71.2 Å². The Balaban J connectivity index is 2.06. The van der Waals surface area contributed by atoms with Gasteiger partial charge in [-0.3, -0.25) is 9.59 Å². The number of amides is 3. The molecule has 3 rings (SSSR count). The third-order valence-electron chi connectivity index (χ3n) is 6.30. The van der Waals surface area contributed by atoms with E-state index < -0.39 is 41.1 Å². The van der Waals surface area contributed by atoms with Crippen LogP contribution in [-0.4, -0.2) is 52.2 Å². The second kappa shape index (κ2) is 13.4. The fourth-order valence-electron chi connectivity index (χ4n) is 4.47. The van der Waals surface area contributed by atoms with Gasteiger partial charge in [0.25, 0.3) is 5.91 Å². The molecule has 0 aliphatic heterocycles. The topological polar surface area (TPSA) is 117 Å². The van der Waals surface area contributed by atoms with Crippen LogP contribution in [0.3, 0.4) is 0 Å². The van der Waals surface area contributed by atoms with Crippen molar-refractivity contribution < 1.29 is 29.0 Å². The lowest BCUT2D eigenvalue weighted by atomic mass is 9.94. The van der Waals surface area contributed by atoms with Crippen molar-refractivity contribution in [3.05, 3.63) is 90.0 Å². The second-order valence-corrected chi connectivity index (χ2v) is 12.0. The number of phenols is 1. The molecule has 3 N–H and O–H groups in total. The van der Waals surface area contributed by atoms with Gasteiger partial charge in [0.15, 0.2) is 0 Å². The van der Waals surface area contributed by atoms with E-state index in [0.717, 1.165) is 0 Å². The predicted octanol–water partition coefficient (Wildman–Crippen LogP) is 5.84. The molecule has 3 amide bonds. The molecule has 3 aromatic carbocycles. The Bertz CT molecular complexity index is 1340. The van der Waals surface area contributed by atoms with E-state index in [1.165, 1.54) is 17.0 Å². The number of carbonyl (C=O) groups is 3. The fraction of sp³-hybridized carbons (Fsp3) is 0.364. The van der Waals surface area contributed by atoms with Gasteiger partial charge in [0.2, 0.25) is 5.91 Å². The van der Waals surface area contributed by atoms with Crippen LogP contribution in [0.1, 0.15) is 58.7 Å². The van der Waals surface area contributed by atoms with Gasteiger partial charge in [0, 0.05) is 17.6 Å². The zero-order chi connectivity index (χ0) is 31.1. The summed E-state index contributed by atoms with van der Waals surface area (Å²) in [5.41, 5.74) is 0.209. The molecule has 42 heavy (non-hydrogen) atoms. The summed E-state index contributed by atoms with van der Waals surface area (Å²) in [5.74, 6) is -0.169. The minimum absolute atomic E-state index is 0.0809. The zero-order valence-corrected chi connectivity index (χ0v) is 25.3. The van der Waals surface area contributed by atoms with Crippen LogP contribution in [0, 0.1) is 0 Å². The molecule has 0 saturated carbocycles. The number of alkyl carbamates (subject to hydrolysis) is 1. The van der Waals surface area contributed by atoms with Crippen LogP contribution >= 0.6 is 0 Å². The lowest BCUT2D eigenvalue weighted by Gasteiger charge is -2.43. The second-order valence-electron chi connectivity index (χ2n) is 12.0. The van der Waals surface area contributed by atoms with Gasteiger partial charge < -0.3 is 30.1 Å². The Morgan fingerprint density at radius 3 is 1.98 bits per heavy atom. The smallest absolute Gasteiger partial charge is 0.408 e. The molecule has 0 aromatic heterocycles. The Morgan fingerprint density at radius 2 is 1.45 bits per heavy atom. The lowest BCUT2D eigenvalue weighted by Crippen LogP contribution is -2.58. The van der Waals surface area contributed by atoms with E-state index in [9.17, 15) is 19.5 Å². The first-order chi connectivity index (χ1) is 19.7. The molecule has 0 radical (unpaired) electrons. The molecule has 3 aromatic rings. The maximum absolute atomic E-state index is 14.5. The van der Waals surface area contributed by atoms with Crippen molar-refractivity contribution in [1.29, 1.82) is 0 Å². The first-order valence-electron chi connectivity index (χ1n) is 13.8. The number of anilines is 1. The molecular formula is C33H41N3O6. The number of ether oxygens (including phenoxy) is 2. The van der Waals surface area contributed by atoms with Gasteiger partial charge in [0.1, 0.15) is 29.2 Å². The molecule has 0 spiro atoms. The number of hydrogen-bond donors (Lipinski definition) is 3. The summed E-state index contributed by atoms with van der Waals surface area (Å²) in [6.45, 7) is 10.7. The number of aromatic hydroxyl groups is 1. The predicted molar refractivity (Wildman–Crippen MR) is 162 cm³/mol. The van der Waals surface area contributed by atoms with Crippen LogP contribution in [0.2, 0.25) is 0 Å². The van der Waals surface area contributed by atoms with Gasteiger partial charge in [0.05, 0.1) is 7.11 Å². The Kier molecular flexibility index (Phi) is 10.2. The zero-order valence-electron chi connectivity index (χ0n) is 25.3. The SMILES string of the molecule is COc1ccc(NC(=O)C(c2ccccc2)N(C(=O)C(Cc2ccc(O)cc2)NC(=O)OC(C)(C)C)C(C)(C)C)cc1. The average molecular weight is 576 g/mol. The summed E-state index contributed by atoms with van der Waals surface area (Å²) in [5, 5.41) is 15.4. The summed E-state index contributed by atoms with van der Waals surface area (Å²) in [7, 11) is 1.56. The molecule has 0 saturated heterocycles. The van der Waals surface area contributed by atoms with Gasteiger partial charge >= 0.3 is 6.09 Å². The van der Waals surface area contributed by atoms with Crippen molar-refractivity contribution in [2.75, 3.05) is 12.4 Å². The number of nitrogens with zero attached hydrogens (tertiary/aromatic N) is 1. The molecule has 2 unspecified atom stereocenters. The van der Waals surface area contributed by atoms with Gasteiger partial charge in [-0.15, -0.1) is 0 Å². The van der Waals surface area contributed by atoms with E-state index >= 15 is 0 Å². The highest BCUT2D eigenvalue weighted by atomic mass is 16.6. The Hall–Kier alpha value is -4.53. The average Bonchev–Trinajstić information content (AvgIpc) is 2.91. The third-order valence-corrected chi connectivity index (χ3v) is 6.30. The van der Waals surface area contributed by atoms with Crippen molar-refractivity contribution in [3.8, 4) is 11.5 Å².